The van der Waals surface area contributed by atoms with E-state index in [1.165, 1.54) is 16.6 Å². The van der Waals surface area contributed by atoms with Crippen LogP contribution < -0.4 is 5.32 Å². The molecule has 0 fully saturated rings. The van der Waals surface area contributed by atoms with Gasteiger partial charge in [0.1, 0.15) is 6.20 Å². The van der Waals surface area contributed by atoms with E-state index < -0.39 is 4.92 Å². The van der Waals surface area contributed by atoms with Gasteiger partial charge in [0.2, 0.25) is 0 Å². The average Bonchev–Trinajstić information content (AvgIpc) is 2.83. The van der Waals surface area contributed by atoms with E-state index in [0.717, 1.165) is 11.3 Å². The van der Waals surface area contributed by atoms with Crippen LogP contribution in [0, 0.1) is 17.0 Å². The summed E-state index contributed by atoms with van der Waals surface area (Å²) < 4.78 is 0. The number of nitrogens with zero attached hydrogens (tertiary/aromatic N) is 2. The minimum absolute atomic E-state index is 0.0606. The van der Waals surface area contributed by atoms with Crippen molar-refractivity contribution in [2.75, 3.05) is 5.32 Å². The smallest absolute Gasteiger partial charge is 0.345 e. The van der Waals surface area contributed by atoms with Crippen molar-refractivity contribution in [3.05, 3.63) is 38.2 Å². The summed E-state index contributed by atoms with van der Waals surface area (Å²) in [6.07, 6.45) is 1.27. The summed E-state index contributed by atoms with van der Waals surface area (Å²) in [4.78, 5) is 15.2. The lowest BCUT2D eigenvalue weighted by molar-refractivity contribution is -0.380. The van der Waals surface area contributed by atoms with E-state index in [2.05, 4.69) is 10.3 Å². The third-order valence-electron chi connectivity index (χ3n) is 2.04. The molecule has 84 valence electrons. The Kier molecular flexibility index (Phi) is 3.16. The molecule has 2 aromatic heterocycles. The normalized spacial score (nSPS) is 10.3. The van der Waals surface area contributed by atoms with Crippen molar-refractivity contribution in [3.63, 3.8) is 0 Å². The molecule has 0 aromatic carbocycles. The Labute approximate surface area is 99.9 Å². The second kappa shape index (κ2) is 4.58. The van der Waals surface area contributed by atoms with Crippen LogP contribution in [-0.4, -0.2) is 9.91 Å². The second-order valence-corrected chi connectivity index (χ2v) is 5.15. The molecule has 0 aliphatic heterocycles. The summed E-state index contributed by atoms with van der Waals surface area (Å²) >= 11 is 2.71. The number of nitro groups is 1. The van der Waals surface area contributed by atoms with Gasteiger partial charge in [-0.25, -0.2) is 4.98 Å². The minimum Gasteiger partial charge on any atom is -0.356 e. The first kappa shape index (κ1) is 11.0. The first-order valence-electron chi connectivity index (χ1n) is 4.54. The fourth-order valence-electron chi connectivity index (χ4n) is 1.17. The summed E-state index contributed by atoms with van der Waals surface area (Å²) in [6, 6.07) is 2.05. The molecule has 0 radical (unpaired) electrons. The second-order valence-electron chi connectivity index (χ2n) is 3.14. The van der Waals surface area contributed by atoms with Gasteiger partial charge in [0.05, 0.1) is 11.5 Å². The molecule has 0 saturated carbocycles. The SMILES string of the molecule is Cc1ccsc1CNc1ncc([N+](=O)[O-])s1. The highest BCUT2D eigenvalue weighted by molar-refractivity contribution is 7.18. The Morgan fingerprint density at radius 1 is 1.62 bits per heavy atom. The molecule has 0 aliphatic carbocycles. The van der Waals surface area contributed by atoms with Gasteiger partial charge in [0.25, 0.3) is 0 Å². The number of anilines is 1. The number of thiazole rings is 1. The van der Waals surface area contributed by atoms with E-state index >= 15 is 0 Å². The van der Waals surface area contributed by atoms with E-state index in [9.17, 15) is 10.1 Å². The van der Waals surface area contributed by atoms with Crippen LogP contribution in [0.1, 0.15) is 10.4 Å². The predicted molar refractivity (Wildman–Crippen MR) is 65.2 cm³/mol. The number of hydrogen-bond acceptors (Lipinski definition) is 6. The summed E-state index contributed by atoms with van der Waals surface area (Å²) in [5, 5.41) is 16.2. The van der Waals surface area contributed by atoms with Crippen LogP contribution in [0.2, 0.25) is 0 Å². The van der Waals surface area contributed by atoms with Crippen LogP contribution in [0.4, 0.5) is 10.1 Å². The Hall–Kier alpha value is -1.47. The number of hydrogen-bond donors (Lipinski definition) is 1. The molecule has 5 nitrogen and oxygen atoms in total. The van der Waals surface area contributed by atoms with Crippen molar-refractivity contribution < 1.29 is 4.92 Å². The number of rotatable bonds is 4. The van der Waals surface area contributed by atoms with Crippen molar-refractivity contribution in [3.8, 4) is 0 Å². The molecule has 0 unspecified atom stereocenters. The van der Waals surface area contributed by atoms with Crippen molar-refractivity contribution >= 4 is 32.8 Å². The third kappa shape index (κ3) is 2.37. The van der Waals surface area contributed by atoms with Gasteiger partial charge in [-0.3, -0.25) is 10.1 Å². The van der Waals surface area contributed by atoms with Crippen molar-refractivity contribution in [1.29, 1.82) is 0 Å². The molecule has 7 heteroatoms. The predicted octanol–water partition coefficient (Wildman–Crippen LogP) is 3.03. The summed E-state index contributed by atoms with van der Waals surface area (Å²) in [5.41, 5.74) is 1.23. The lowest BCUT2D eigenvalue weighted by Crippen LogP contribution is -1.97. The Balaban J connectivity index is 2.00. The molecule has 2 aromatic rings. The minimum atomic E-state index is -0.431. The van der Waals surface area contributed by atoms with Crippen LogP contribution >= 0.6 is 22.7 Å². The van der Waals surface area contributed by atoms with E-state index in [0.29, 0.717) is 11.7 Å². The Morgan fingerprint density at radius 2 is 2.44 bits per heavy atom. The maximum Gasteiger partial charge on any atom is 0.345 e. The highest BCUT2D eigenvalue weighted by atomic mass is 32.1. The van der Waals surface area contributed by atoms with Gasteiger partial charge in [-0.15, -0.1) is 11.3 Å². The van der Waals surface area contributed by atoms with Gasteiger partial charge >= 0.3 is 5.00 Å². The number of nitrogens with one attached hydrogen (secondary N) is 1. The highest BCUT2D eigenvalue weighted by Gasteiger charge is 2.11. The van der Waals surface area contributed by atoms with Crippen molar-refractivity contribution in [2.45, 2.75) is 13.5 Å². The fraction of sp³-hybridized carbons (Fsp3) is 0.222. The molecule has 0 amide bonds. The van der Waals surface area contributed by atoms with Gasteiger partial charge < -0.3 is 5.32 Å². The van der Waals surface area contributed by atoms with E-state index in [1.54, 1.807) is 11.3 Å². The lowest BCUT2D eigenvalue weighted by atomic mass is 10.3. The summed E-state index contributed by atoms with van der Waals surface area (Å²) in [6.45, 7) is 2.70. The fourth-order valence-corrected chi connectivity index (χ4v) is 2.65. The van der Waals surface area contributed by atoms with Crippen LogP contribution in [0.3, 0.4) is 0 Å². The highest BCUT2D eigenvalue weighted by Crippen LogP contribution is 2.26. The molecular formula is C9H9N3O2S2. The summed E-state index contributed by atoms with van der Waals surface area (Å²) in [7, 11) is 0. The number of aryl methyl sites for hydroxylation is 1. The van der Waals surface area contributed by atoms with Gasteiger partial charge in [-0.2, -0.15) is 0 Å². The summed E-state index contributed by atoms with van der Waals surface area (Å²) in [5.74, 6) is 0. The van der Waals surface area contributed by atoms with Crippen LogP contribution in [-0.2, 0) is 6.54 Å². The first-order valence-corrected chi connectivity index (χ1v) is 6.23. The maximum absolute atomic E-state index is 10.5. The molecule has 0 bridgehead atoms. The largest absolute Gasteiger partial charge is 0.356 e. The lowest BCUT2D eigenvalue weighted by Gasteiger charge is -2.00. The molecule has 16 heavy (non-hydrogen) atoms. The molecule has 0 spiro atoms. The first-order chi connectivity index (χ1) is 7.66. The molecule has 2 rings (SSSR count). The molecule has 1 N–H and O–H groups in total. The topological polar surface area (TPSA) is 68.1 Å². The average molecular weight is 255 g/mol. The van der Waals surface area contributed by atoms with Crippen LogP contribution in [0.15, 0.2) is 17.6 Å². The van der Waals surface area contributed by atoms with E-state index in [1.807, 2.05) is 18.4 Å². The van der Waals surface area contributed by atoms with E-state index in [4.69, 9.17) is 0 Å². The zero-order chi connectivity index (χ0) is 11.5. The van der Waals surface area contributed by atoms with Gasteiger partial charge in [0, 0.05) is 4.88 Å². The Morgan fingerprint density at radius 3 is 3.00 bits per heavy atom. The molecule has 0 saturated heterocycles. The monoisotopic (exact) mass is 255 g/mol. The Bertz CT molecular complexity index is 506. The number of aromatic nitrogens is 1. The quantitative estimate of drug-likeness (QED) is 0.673. The molecule has 0 aliphatic rings. The van der Waals surface area contributed by atoms with Crippen molar-refractivity contribution in [1.82, 2.24) is 4.98 Å². The zero-order valence-corrected chi connectivity index (χ0v) is 10.1. The number of thiophene rings is 1. The van der Waals surface area contributed by atoms with E-state index in [-0.39, 0.29) is 5.00 Å². The third-order valence-corrected chi connectivity index (χ3v) is 3.97. The standard InChI is InChI=1S/C9H9N3O2S2/c1-6-2-3-15-7(6)4-10-9-11-5-8(16-9)12(13)14/h2-3,5H,4H2,1H3,(H,10,11). The maximum atomic E-state index is 10.5. The van der Waals surface area contributed by atoms with Gasteiger partial charge in [-0.1, -0.05) is 0 Å². The molecule has 2 heterocycles. The van der Waals surface area contributed by atoms with Crippen LogP contribution in [0.5, 0.6) is 0 Å². The molecular weight excluding hydrogens is 246 g/mol. The van der Waals surface area contributed by atoms with Gasteiger partial charge in [0.15, 0.2) is 5.13 Å². The van der Waals surface area contributed by atoms with Crippen LogP contribution in [0.25, 0.3) is 0 Å². The zero-order valence-electron chi connectivity index (χ0n) is 8.47. The molecule has 0 atom stereocenters. The van der Waals surface area contributed by atoms with Crippen molar-refractivity contribution in [2.24, 2.45) is 0 Å². The van der Waals surface area contributed by atoms with Gasteiger partial charge in [-0.05, 0) is 35.3 Å².